The smallest absolute Gasteiger partial charge is 0.253 e. The van der Waals surface area contributed by atoms with Gasteiger partial charge in [0, 0.05) is 13.1 Å². The highest BCUT2D eigenvalue weighted by atomic mass is 35.5. The number of rotatable bonds is 7. The molecule has 0 radical (unpaired) electrons. The van der Waals surface area contributed by atoms with Gasteiger partial charge in [-0.2, -0.15) is 0 Å². The van der Waals surface area contributed by atoms with E-state index in [1.54, 1.807) is 36.4 Å². The molecule has 0 unspecified atom stereocenters. The Hall–Kier alpha value is -2.53. The monoisotopic (exact) mass is 442 g/mol. The van der Waals surface area contributed by atoms with Gasteiger partial charge in [0.25, 0.3) is 5.91 Å². The van der Waals surface area contributed by atoms with Gasteiger partial charge in [0.1, 0.15) is 11.8 Å². The van der Waals surface area contributed by atoms with Crippen LogP contribution in [0.2, 0.25) is 5.02 Å². The van der Waals surface area contributed by atoms with Gasteiger partial charge in [-0.1, -0.05) is 49.7 Å². The zero-order valence-corrected chi connectivity index (χ0v) is 18.9. The van der Waals surface area contributed by atoms with Crippen LogP contribution in [0.5, 0.6) is 5.75 Å². The zero-order chi connectivity index (χ0) is 22.4. The summed E-state index contributed by atoms with van der Waals surface area (Å²) in [6.45, 7) is 5.31. The first-order valence-corrected chi connectivity index (χ1v) is 11.3. The molecule has 0 aliphatic carbocycles. The Kier molecular flexibility index (Phi) is 7.97. The molecule has 5 nitrogen and oxygen atoms in total. The SMILES string of the molecule is CC(C)[C@H](NC(=O)c1ccccc1Cl)C(=O)N1CCC(CCc2ccc(O)cc2)CC1. The predicted octanol–water partition coefficient (Wildman–Crippen LogP) is 4.67. The van der Waals surface area contributed by atoms with Gasteiger partial charge in [-0.25, -0.2) is 0 Å². The average Bonchev–Trinajstić information content (AvgIpc) is 2.77. The molecule has 1 aliphatic rings. The molecule has 1 atom stereocenters. The number of hydrogen-bond acceptors (Lipinski definition) is 3. The van der Waals surface area contributed by atoms with Gasteiger partial charge in [-0.15, -0.1) is 0 Å². The number of carbonyl (C=O) groups is 2. The lowest BCUT2D eigenvalue weighted by Crippen LogP contribution is -2.53. The van der Waals surface area contributed by atoms with Crippen LogP contribution in [0, 0.1) is 11.8 Å². The molecule has 1 fully saturated rings. The Morgan fingerprint density at radius 2 is 1.74 bits per heavy atom. The van der Waals surface area contributed by atoms with E-state index in [1.807, 2.05) is 30.9 Å². The van der Waals surface area contributed by atoms with Gasteiger partial charge in [0.15, 0.2) is 0 Å². The van der Waals surface area contributed by atoms with E-state index in [0.717, 1.165) is 25.7 Å². The quantitative estimate of drug-likeness (QED) is 0.654. The topological polar surface area (TPSA) is 69.6 Å². The van der Waals surface area contributed by atoms with Gasteiger partial charge >= 0.3 is 0 Å². The van der Waals surface area contributed by atoms with Crippen LogP contribution in [0.4, 0.5) is 0 Å². The number of nitrogens with zero attached hydrogens (tertiary/aromatic N) is 1. The van der Waals surface area contributed by atoms with Crippen molar-refractivity contribution in [2.75, 3.05) is 13.1 Å². The van der Waals surface area contributed by atoms with Crippen LogP contribution in [0.1, 0.15) is 49.0 Å². The van der Waals surface area contributed by atoms with E-state index in [-0.39, 0.29) is 23.5 Å². The Balaban J connectivity index is 1.53. The maximum Gasteiger partial charge on any atom is 0.253 e. The Labute approximate surface area is 189 Å². The number of benzene rings is 2. The largest absolute Gasteiger partial charge is 0.508 e. The van der Waals surface area contributed by atoms with Crippen LogP contribution in [0.15, 0.2) is 48.5 Å². The maximum atomic E-state index is 13.2. The molecule has 2 N–H and O–H groups in total. The molecule has 1 saturated heterocycles. The maximum absolute atomic E-state index is 13.2. The van der Waals surface area contributed by atoms with Crippen molar-refractivity contribution in [3.63, 3.8) is 0 Å². The van der Waals surface area contributed by atoms with Crippen molar-refractivity contribution in [2.24, 2.45) is 11.8 Å². The second-order valence-electron chi connectivity index (χ2n) is 8.65. The number of carbonyl (C=O) groups excluding carboxylic acids is 2. The van der Waals surface area contributed by atoms with E-state index >= 15 is 0 Å². The molecule has 2 amide bonds. The Morgan fingerprint density at radius 3 is 2.35 bits per heavy atom. The summed E-state index contributed by atoms with van der Waals surface area (Å²) >= 11 is 6.14. The van der Waals surface area contributed by atoms with Gasteiger partial charge in [-0.05, 0) is 67.3 Å². The van der Waals surface area contributed by atoms with Crippen LogP contribution in [-0.2, 0) is 11.2 Å². The molecule has 2 aromatic carbocycles. The van der Waals surface area contributed by atoms with Crippen molar-refractivity contribution in [1.29, 1.82) is 0 Å². The summed E-state index contributed by atoms with van der Waals surface area (Å²) in [5.74, 6) is 0.505. The number of nitrogens with one attached hydrogen (secondary N) is 1. The average molecular weight is 443 g/mol. The summed E-state index contributed by atoms with van der Waals surface area (Å²) in [5, 5.41) is 12.7. The van der Waals surface area contributed by atoms with E-state index < -0.39 is 6.04 Å². The van der Waals surface area contributed by atoms with Crippen molar-refractivity contribution < 1.29 is 14.7 Å². The third-order valence-corrected chi connectivity index (χ3v) is 6.37. The highest BCUT2D eigenvalue weighted by Gasteiger charge is 2.31. The first-order valence-electron chi connectivity index (χ1n) is 11.0. The van der Waals surface area contributed by atoms with E-state index in [0.29, 0.717) is 29.6 Å². The summed E-state index contributed by atoms with van der Waals surface area (Å²) < 4.78 is 0. The lowest BCUT2D eigenvalue weighted by molar-refractivity contribution is -0.135. The number of phenolic OH excluding ortho intramolecular Hbond substituents is 1. The first kappa shape index (κ1) is 23.1. The fourth-order valence-electron chi connectivity index (χ4n) is 4.05. The minimum Gasteiger partial charge on any atom is -0.508 e. The van der Waals surface area contributed by atoms with Crippen molar-refractivity contribution in [3.8, 4) is 5.75 Å². The molecule has 1 aliphatic heterocycles. The van der Waals surface area contributed by atoms with E-state index in [9.17, 15) is 14.7 Å². The minimum absolute atomic E-state index is 0.0209. The number of amides is 2. The van der Waals surface area contributed by atoms with Gasteiger partial charge in [0.2, 0.25) is 5.91 Å². The summed E-state index contributed by atoms with van der Waals surface area (Å²) in [6.07, 6.45) is 3.98. The molecular formula is C25H31ClN2O3. The number of hydrogen-bond donors (Lipinski definition) is 2. The van der Waals surface area contributed by atoms with Crippen molar-refractivity contribution >= 4 is 23.4 Å². The van der Waals surface area contributed by atoms with E-state index in [2.05, 4.69) is 5.32 Å². The number of halogens is 1. The van der Waals surface area contributed by atoms with Crippen molar-refractivity contribution in [3.05, 3.63) is 64.7 Å². The Morgan fingerprint density at radius 1 is 1.10 bits per heavy atom. The molecule has 166 valence electrons. The van der Waals surface area contributed by atoms with Gasteiger partial charge < -0.3 is 15.3 Å². The standard InChI is InChI=1S/C25H31ClN2O3/c1-17(2)23(27-24(30)21-5-3-4-6-22(21)26)25(31)28-15-13-19(14-16-28)8-7-18-9-11-20(29)12-10-18/h3-6,9-12,17,19,23,29H,7-8,13-16H2,1-2H3,(H,27,30)/t23-/m0/s1. The van der Waals surface area contributed by atoms with Crippen molar-refractivity contribution in [1.82, 2.24) is 10.2 Å². The normalized spacial score (nSPS) is 15.7. The number of likely N-dealkylation sites (tertiary alicyclic amines) is 1. The molecule has 0 bridgehead atoms. The minimum atomic E-state index is -0.572. The van der Waals surface area contributed by atoms with E-state index in [1.165, 1.54) is 5.56 Å². The highest BCUT2D eigenvalue weighted by Crippen LogP contribution is 2.24. The summed E-state index contributed by atoms with van der Waals surface area (Å²) in [6, 6.07) is 13.7. The molecule has 2 aromatic rings. The first-order chi connectivity index (χ1) is 14.8. The van der Waals surface area contributed by atoms with Crippen LogP contribution in [0.3, 0.4) is 0 Å². The summed E-state index contributed by atoms with van der Waals surface area (Å²) in [7, 11) is 0. The molecule has 3 rings (SSSR count). The third kappa shape index (κ3) is 6.23. The molecule has 6 heteroatoms. The fourth-order valence-corrected chi connectivity index (χ4v) is 4.27. The number of phenols is 1. The second kappa shape index (κ2) is 10.7. The number of aryl methyl sites for hydroxylation is 1. The highest BCUT2D eigenvalue weighted by molar-refractivity contribution is 6.33. The second-order valence-corrected chi connectivity index (χ2v) is 9.06. The van der Waals surface area contributed by atoms with Crippen LogP contribution in [-0.4, -0.2) is 41.0 Å². The summed E-state index contributed by atoms with van der Waals surface area (Å²) in [5.41, 5.74) is 1.61. The van der Waals surface area contributed by atoms with Crippen molar-refractivity contribution in [2.45, 2.75) is 45.6 Å². The lowest BCUT2D eigenvalue weighted by atomic mass is 9.90. The molecule has 0 aromatic heterocycles. The van der Waals surface area contributed by atoms with Crippen LogP contribution >= 0.6 is 11.6 Å². The van der Waals surface area contributed by atoms with Gasteiger partial charge in [-0.3, -0.25) is 9.59 Å². The predicted molar refractivity (Wildman–Crippen MR) is 123 cm³/mol. The Bertz CT molecular complexity index is 890. The fraction of sp³-hybridized carbons (Fsp3) is 0.440. The lowest BCUT2D eigenvalue weighted by Gasteiger charge is -2.35. The zero-order valence-electron chi connectivity index (χ0n) is 18.2. The van der Waals surface area contributed by atoms with Crippen LogP contribution < -0.4 is 5.32 Å². The molecule has 31 heavy (non-hydrogen) atoms. The van der Waals surface area contributed by atoms with Crippen LogP contribution in [0.25, 0.3) is 0 Å². The molecular weight excluding hydrogens is 412 g/mol. The number of piperidine rings is 1. The molecule has 1 heterocycles. The third-order valence-electron chi connectivity index (χ3n) is 6.04. The van der Waals surface area contributed by atoms with E-state index in [4.69, 9.17) is 11.6 Å². The van der Waals surface area contributed by atoms with Gasteiger partial charge in [0.05, 0.1) is 10.6 Å². The summed E-state index contributed by atoms with van der Waals surface area (Å²) in [4.78, 5) is 27.7. The molecule has 0 saturated carbocycles. The molecule has 0 spiro atoms. The number of aromatic hydroxyl groups is 1.